The number of nitrogens with zero attached hydrogens (tertiary/aromatic N) is 3. The molecule has 4 heterocycles. The molecule has 0 aromatic carbocycles. The number of thiophene rings is 1. The number of carbonyl (C=O) groups is 4. The highest BCUT2D eigenvalue weighted by Crippen LogP contribution is 2.26. The molecule has 0 atom stereocenters. The number of fused-ring (bicyclic) bond motifs is 1. The van der Waals surface area contributed by atoms with Crippen LogP contribution in [0.25, 0.3) is 10.2 Å². The van der Waals surface area contributed by atoms with E-state index in [9.17, 15) is 19.2 Å². The molecule has 1 fully saturated rings. The summed E-state index contributed by atoms with van der Waals surface area (Å²) in [7, 11) is 0. The Kier molecular flexibility index (Phi) is 6.42. The normalized spacial score (nSPS) is 14.2. The average molecular weight is 474 g/mol. The van der Waals surface area contributed by atoms with Gasteiger partial charge in [0.05, 0.1) is 16.5 Å². The van der Waals surface area contributed by atoms with Crippen LogP contribution in [0.2, 0.25) is 0 Å². The molecule has 3 aromatic heterocycles. The van der Waals surface area contributed by atoms with E-state index in [4.69, 9.17) is 4.74 Å². The number of rotatable bonds is 4. The minimum absolute atomic E-state index is 0.0161. The zero-order valence-electron chi connectivity index (χ0n) is 17.0. The lowest BCUT2D eigenvalue weighted by atomic mass is 10.1. The SMILES string of the molecule is CC(=O)N1CCC(OC(=O)NC(=O)c2ccsc2NC(=O)c2nc3cnccc3s2)CC1. The molecule has 4 amide bonds. The van der Waals surface area contributed by atoms with Crippen molar-refractivity contribution in [2.45, 2.75) is 25.9 Å². The Morgan fingerprint density at radius 3 is 2.66 bits per heavy atom. The van der Waals surface area contributed by atoms with Gasteiger partial charge in [-0.05, 0) is 17.5 Å². The van der Waals surface area contributed by atoms with Gasteiger partial charge in [-0.15, -0.1) is 22.7 Å². The predicted molar refractivity (Wildman–Crippen MR) is 119 cm³/mol. The third-order valence-electron chi connectivity index (χ3n) is 4.90. The van der Waals surface area contributed by atoms with Crippen molar-refractivity contribution in [3.8, 4) is 0 Å². The van der Waals surface area contributed by atoms with Gasteiger partial charge in [0.25, 0.3) is 11.8 Å². The summed E-state index contributed by atoms with van der Waals surface area (Å²) >= 11 is 2.37. The molecule has 12 heteroatoms. The topological polar surface area (TPSA) is 131 Å². The highest BCUT2D eigenvalue weighted by molar-refractivity contribution is 7.20. The summed E-state index contributed by atoms with van der Waals surface area (Å²) in [4.78, 5) is 58.6. The van der Waals surface area contributed by atoms with Crippen molar-refractivity contribution < 1.29 is 23.9 Å². The van der Waals surface area contributed by atoms with Gasteiger partial charge in [0, 0.05) is 39.1 Å². The molecule has 166 valence electrons. The molecule has 10 nitrogen and oxygen atoms in total. The molecular formula is C20H19N5O5S2. The molecular weight excluding hydrogens is 454 g/mol. The number of nitrogens with one attached hydrogen (secondary N) is 2. The molecule has 0 aliphatic carbocycles. The minimum atomic E-state index is -0.863. The van der Waals surface area contributed by atoms with E-state index in [-0.39, 0.29) is 22.6 Å². The third-order valence-corrected chi connectivity index (χ3v) is 6.76. The van der Waals surface area contributed by atoms with E-state index in [1.165, 1.54) is 24.3 Å². The maximum absolute atomic E-state index is 12.6. The number of piperidine rings is 1. The highest BCUT2D eigenvalue weighted by Gasteiger charge is 2.25. The second-order valence-corrected chi connectivity index (χ2v) is 8.99. The fourth-order valence-corrected chi connectivity index (χ4v) is 4.86. The smallest absolute Gasteiger partial charge is 0.414 e. The van der Waals surface area contributed by atoms with Gasteiger partial charge in [-0.1, -0.05) is 0 Å². The maximum atomic E-state index is 12.6. The third kappa shape index (κ3) is 4.92. The first-order valence-electron chi connectivity index (χ1n) is 9.77. The molecule has 0 saturated carbocycles. The summed E-state index contributed by atoms with van der Waals surface area (Å²) in [6.45, 7) is 2.51. The van der Waals surface area contributed by atoms with Gasteiger partial charge < -0.3 is 15.0 Å². The van der Waals surface area contributed by atoms with Crippen LogP contribution < -0.4 is 10.6 Å². The van der Waals surface area contributed by atoms with Crippen molar-refractivity contribution in [1.82, 2.24) is 20.2 Å². The number of hydrogen-bond donors (Lipinski definition) is 2. The number of pyridine rings is 1. The van der Waals surface area contributed by atoms with Crippen LogP contribution in [-0.2, 0) is 9.53 Å². The lowest BCUT2D eigenvalue weighted by molar-refractivity contribution is -0.130. The Bertz CT molecular complexity index is 1150. The van der Waals surface area contributed by atoms with Gasteiger partial charge in [0.1, 0.15) is 16.6 Å². The fraction of sp³-hybridized carbons (Fsp3) is 0.300. The summed E-state index contributed by atoms with van der Waals surface area (Å²) in [6, 6.07) is 3.28. The number of aromatic nitrogens is 2. The van der Waals surface area contributed by atoms with E-state index < -0.39 is 17.9 Å². The lowest BCUT2D eigenvalue weighted by Gasteiger charge is -2.30. The van der Waals surface area contributed by atoms with Crippen LogP contribution in [0.4, 0.5) is 9.80 Å². The number of amides is 4. The number of carbonyl (C=O) groups excluding carboxylic acids is 4. The second-order valence-electron chi connectivity index (χ2n) is 7.04. The van der Waals surface area contributed by atoms with Gasteiger partial charge >= 0.3 is 6.09 Å². The Morgan fingerprint density at radius 1 is 1.16 bits per heavy atom. The first kappa shape index (κ1) is 21.8. The summed E-state index contributed by atoms with van der Waals surface area (Å²) in [5.74, 6) is -1.15. The molecule has 2 N–H and O–H groups in total. The average Bonchev–Trinajstić information content (AvgIpc) is 3.41. The van der Waals surface area contributed by atoms with Crippen LogP contribution in [0.5, 0.6) is 0 Å². The summed E-state index contributed by atoms with van der Waals surface area (Å²) in [5, 5.41) is 7.04. The largest absolute Gasteiger partial charge is 0.446 e. The van der Waals surface area contributed by atoms with E-state index in [0.717, 1.165) is 16.0 Å². The van der Waals surface area contributed by atoms with Gasteiger partial charge in [0.15, 0.2) is 5.01 Å². The van der Waals surface area contributed by atoms with E-state index in [0.29, 0.717) is 36.4 Å². The number of likely N-dealkylation sites (tertiary alicyclic amines) is 1. The summed E-state index contributed by atoms with van der Waals surface area (Å²) in [5.41, 5.74) is 0.762. The molecule has 0 radical (unpaired) electrons. The number of alkyl carbamates (subject to hydrolysis) is 1. The number of hydrogen-bond acceptors (Lipinski definition) is 9. The first-order valence-corrected chi connectivity index (χ1v) is 11.5. The van der Waals surface area contributed by atoms with Crippen molar-refractivity contribution >= 4 is 61.7 Å². The maximum Gasteiger partial charge on any atom is 0.414 e. The zero-order valence-corrected chi connectivity index (χ0v) is 18.6. The van der Waals surface area contributed by atoms with Crippen LogP contribution in [0.1, 0.15) is 39.9 Å². The molecule has 0 bridgehead atoms. The van der Waals surface area contributed by atoms with Crippen molar-refractivity contribution in [2.24, 2.45) is 0 Å². The second kappa shape index (κ2) is 9.40. The van der Waals surface area contributed by atoms with Crippen LogP contribution in [-0.4, -0.2) is 57.9 Å². The van der Waals surface area contributed by atoms with Crippen LogP contribution >= 0.6 is 22.7 Å². The van der Waals surface area contributed by atoms with Crippen molar-refractivity contribution in [2.75, 3.05) is 18.4 Å². The predicted octanol–water partition coefficient (Wildman–Crippen LogP) is 2.88. The molecule has 3 aromatic rings. The molecule has 32 heavy (non-hydrogen) atoms. The summed E-state index contributed by atoms with van der Waals surface area (Å²) in [6.07, 6.45) is 2.99. The summed E-state index contributed by atoms with van der Waals surface area (Å²) < 4.78 is 6.13. The number of imide groups is 1. The van der Waals surface area contributed by atoms with Gasteiger partial charge in [-0.2, -0.15) is 0 Å². The van der Waals surface area contributed by atoms with E-state index in [2.05, 4.69) is 20.6 Å². The Labute approximate surface area is 190 Å². The standard InChI is InChI=1S/C20H19N5O5S2/c1-11(26)25-7-3-12(4-8-25)30-20(29)24-16(27)13-5-9-31-18(13)23-17(28)19-22-14-10-21-6-2-15(14)32-19/h2,5-6,9-10,12H,3-4,7-8H2,1H3,(H,23,28)(H,24,27,29). The number of thiazole rings is 1. The molecule has 1 aliphatic heterocycles. The molecule has 0 spiro atoms. The van der Waals surface area contributed by atoms with Gasteiger partial charge in [-0.25, -0.2) is 9.78 Å². The van der Waals surface area contributed by atoms with Gasteiger partial charge in [0.2, 0.25) is 5.91 Å². The minimum Gasteiger partial charge on any atom is -0.446 e. The monoisotopic (exact) mass is 473 g/mol. The Hall–Kier alpha value is -3.38. The van der Waals surface area contributed by atoms with Crippen LogP contribution in [0, 0.1) is 0 Å². The van der Waals surface area contributed by atoms with Crippen LogP contribution in [0.15, 0.2) is 29.9 Å². The molecule has 0 unspecified atom stereocenters. The van der Waals surface area contributed by atoms with Gasteiger partial charge in [-0.3, -0.25) is 24.7 Å². The van der Waals surface area contributed by atoms with E-state index in [1.54, 1.807) is 28.7 Å². The number of anilines is 1. The quantitative estimate of drug-likeness (QED) is 0.596. The van der Waals surface area contributed by atoms with Crippen molar-refractivity contribution in [3.63, 3.8) is 0 Å². The van der Waals surface area contributed by atoms with Crippen molar-refractivity contribution in [1.29, 1.82) is 0 Å². The highest BCUT2D eigenvalue weighted by atomic mass is 32.1. The number of ether oxygens (including phenoxy) is 1. The zero-order chi connectivity index (χ0) is 22.7. The van der Waals surface area contributed by atoms with Crippen molar-refractivity contribution in [3.05, 3.63) is 40.5 Å². The first-order chi connectivity index (χ1) is 15.4. The lowest BCUT2D eigenvalue weighted by Crippen LogP contribution is -2.42. The van der Waals surface area contributed by atoms with E-state index in [1.807, 2.05) is 0 Å². The van der Waals surface area contributed by atoms with Crippen LogP contribution in [0.3, 0.4) is 0 Å². The Morgan fingerprint density at radius 2 is 1.94 bits per heavy atom. The Balaban J connectivity index is 1.34. The molecule has 4 rings (SSSR count). The van der Waals surface area contributed by atoms with E-state index >= 15 is 0 Å². The molecule has 1 saturated heterocycles. The molecule has 1 aliphatic rings. The fourth-order valence-electron chi connectivity index (χ4n) is 3.25.